The van der Waals surface area contributed by atoms with Crippen LogP contribution in [0.5, 0.6) is 0 Å². The maximum absolute atomic E-state index is 13.0. The van der Waals surface area contributed by atoms with Gasteiger partial charge in [0.1, 0.15) is 0 Å². The summed E-state index contributed by atoms with van der Waals surface area (Å²) in [5, 5.41) is 3.90. The van der Waals surface area contributed by atoms with Gasteiger partial charge in [0.15, 0.2) is 5.69 Å². The number of hydrogen-bond donors (Lipinski definition) is 0. The third kappa shape index (κ3) is 3.70. The molecule has 1 aromatic heterocycles. The van der Waals surface area contributed by atoms with Crippen LogP contribution in [-0.4, -0.2) is 22.4 Å². The van der Waals surface area contributed by atoms with Crippen molar-refractivity contribution in [3.8, 4) is 5.69 Å². The predicted molar refractivity (Wildman–Crippen MR) is 75.8 cm³/mol. The van der Waals surface area contributed by atoms with Crippen LogP contribution in [0.25, 0.3) is 5.69 Å². The molecule has 2 aromatic rings. The molecule has 9 heteroatoms. The van der Waals surface area contributed by atoms with Gasteiger partial charge in [0.05, 0.1) is 17.9 Å². The number of alkyl halides is 3. The molecule has 0 spiro atoms. The van der Waals surface area contributed by atoms with Crippen molar-refractivity contribution in [1.29, 1.82) is 0 Å². The standard InChI is InChI=1S/C14H10ClF3N2O3/c1-2-23-13(22)12-10(14(16,17)18)7-11(21)20(19-12)9-5-3-8(15)4-6-9/h3-7H,2H2,1H3. The van der Waals surface area contributed by atoms with Gasteiger partial charge in [-0.3, -0.25) is 4.79 Å². The number of nitrogens with zero attached hydrogens (tertiary/aromatic N) is 2. The Morgan fingerprint density at radius 3 is 2.43 bits per heavy atom. The van der Waals surface area contributed by atoms with Gasteiger partial charge in [0, 0.05) is 11.1 Å². The smallest absolute Gasteiger partial charge is 0.419 e. The molecular formula is C14H10ClF3N2O3. The molecule has 0 unspecified atom stereocenters. The Morgan fingerprint density at radius 1 is 1.30 bits per heavy atom. The molecule has 0 saturated heterocycles. The van der Waals surface area contributed by atoms with Crippen LogP contribution in [0.3, 0.4) is 0 Å². The van der Waals surface area contributed by atoms with Gasteiger partial charge in [-0.2, -0.15) is 23.0 Å². The summed E-state index contributed by atoms with van der Waals surface area (Å²) >= 11 is 5.72. The van der Waals surface area contributed by atoms with E-state index in [9.17, 15) is 22.8 Å². The van der Waals surface area contributed by atoms with Gasteiger partial charge in [-0.1, -0.05) is 11.6 Å². The molecule has 0 bridgehead atoms. The Balaban J connectivity index is 2.67. The lowest BCUT2D eigenvalue weighted by Gasteiger charge is -2.13. The number of ether oxygens (including phenoxy) is 1. The van der Waals surface area contributed by atoms with Crippen molar-refractivity contribution in [3.63, 3.8) is 0 Å². The lowest BCUT2D eigenvalue weighted by atomic mass is 10.2. The van der Waals surface area contributed by atoms with Crippen molar-refractivity contribution in [2.45, 2.75) is 13.1 Å². The lowest BCUT2D eigenvalue weighted by molar-refractivity contribution is -0.138. The van der Waals surface area contributed by atoms with Gasteiger partial charge in [-0.25, -0.2) is 4.79 Å². The van der Waals surface area contributed by atoms with E-state index in [-0.39, 0.29) is 12.3 Å². The molecule has 0 N–H and O–H groups in total. The zero-order valence-electron chi connectivity index (χ0n) is 11.7. The molecule has 2 rings (SSSR count). The van der Waals surface area contributed by atoms with E-state index in [1.807, 2.05) is 0 Å². The zero-order chi connectivity index (χ0) is 17.2. The van der Waals surface area contributed by atoms with Crippen LogP contribution in [0.4, 0.5) is 13.2 Å². The second-order valence-electron chi connectivity index (χ2n) is 4.35. The summed E-state index contributed by atoms with van der Waals surface area (Å²) in [5.74, 6) is -1.26. The highest BCUT2D eigenvalue weighted by Crippen LogP contribution is 2.30. The first kappa shape index (κ1) is 17.0. The molecule has 0 aliphatic carbocycles. The first-order valence-corrected chi connectivity index (χ1v) is 6.76. The fourth-order valence-corrected chi connectivity index (χ4v) is 1.92. The maximum Gasteiger partial charge on any atom is 0.419 e. The van der Waals surface area contributed by atoms with E-state index in [0.717, 1.165) is 0 Å². The molecule has 0 saturated carbocycles. The number of esters is 1. The molecule has 0 aliphatic rings. The van der Waals surface area contributed by atoms with Crippen LogP contribution in [0, 0.1) is 0 Å². The molecule has 23 heavy (non-hydrogen) atoms. The van der Waals surface area contributed by atoms with Crippen LogP contribution in [0.2, 0.25) is 5.02 Å². The van der Waals surface area contributed by atoms with Crippen molar-refractivity contribution < 1.29 is 22.7 Å². The van der Waals surface area contributed by atoms with E-state index in [1.165, 1.54) is 31.2 Å². The maximum atomic E-state index is 13.0. The highest BCUT2D eigenvalue weighted by molar-refractivity contribution is 6.30. The van der Waals surface area contributed by atoms with Gasteiger partial charge < -0.3 is 4.74 Å². The van der Waals surface area contributed by atoms with Crippen LogP contribution in [0.1, 0.15) is 23.0 Å². The monoisotopic (exact) mass is 346 g/mol. The average molecular weight is 347 g/mol. The Morgan fingerprint density at radius 2 is 1.91 bits per heavy atom. The normalized spacial score (nSPS) is 11.3. The SMILES string of the molecule is CCOC(=O)c1nn(-c2ccc(Cl)cc2)c(=O)cc1C(F)(F)F. The molecule has 0 radical (unpaired) electrons. The van der Waals surface area contributed by atoms with Crippen LogP contribution in [0.15, 0.2) is 35.1 Å². The quantitative estimate of drug-likeness (QED) is 0.801. The number of benzene rings is 1. The van der Waals surface area contributed by atoms with E-state index in [4.69, 9.17) is 11.6 Å². The Kier molecular flexibility index (Phi) is 4.74. The molecule has 122 valence electrons. The molecular weight excluding hydrogens is 337 g/mol. The number of carbonyl (C=O) groups is 1. The molecule has 5 nitrogen and oxygen atoms in total. The lowest BCUT2D eigenvalue weighted by Crippen LogP contribution is -2.28. The molecule has 1 heterocycles. The Bertz CT molecular complexity index is 785. The third-order valence-corrected chi connectivity index (χ3v) is 3.03. The van der Waals surface area contributed by atoms with E-state index < -0.39 is 29.0 Å². The molecule has 0 aliphatic heterocycles. The summed E-state index contributed by atoms with van der Waals surface area (Å²) in [6.45, 7) is 1.32. The number of carbonyl (C=O) groups excluding carboxylic acids is 1. The highest BCUT2D eigenvalue weighted by atomic mass is 35.5. The average Bonchev–Trinajstić information content (AvgIpc) is 2.47. The summed E-state index contributed by atoms with van der Waals surface area (Å²) in [5.41, 5.74) is -3.29. The summed E-state index contributed by atoms with van der Waals surface area (Å²) in [6, 6.07) is 5.96. The van der Waals surface area contributed by atoms with Gasteiger partial charge in [-0.05, 0) is 31.2 Å². The van der Waals surface area contributed by atoms with Crippen LogP contribution < -0.4 is 5.56 Å². The van der Waals surface area contributed by atoms with Gasteiger partial charge >= 0.3 is 12.1 Å². The molecule has 1 aromatic carbocycles. The summed E-state index contributed by atoms with van der Waals surface area (Å²) in [6.07, 6.45) is -4.91. The first-order chi connectivity index (χ1) is 10.7. The van der Waals surface area contributed by atoms with Crippen molar-refractivity contribution in [2.75, 3.05) is 6.61 Å². The van der Waals surface area contributed by atoms with Gasteiger partial charge in [0.25, 0.3) is 5.56 Å². The Labute approximate surface area is 133 Å². The Hall–Kier alpha value is -2.35. The van der Waals surface area contributed by atoms with Crippen molar-refractivity contribution in [2.24, 2.45) is 0 Å². The number of rotatable bonds is 3. The van der Waals surface area contributed by atoms with Crippen LogP contribution >= 0.6 is 11.6 Å². The fourth-order valence-electron chi connectivity index (χ4n) is 1.79. The second-order valence-corrected chi connectivity index (χ2v) is 4.79. The van der Waals surface area contributed by atoms with Crippen molar-refractivity contribution in [1.82, 2.24) is 9.78 Å². The fraction of sp³-hybridized carbons (Fsp3) is 0.214. The molecule has 0 amide bonds. The second kappa shape index (κ2) is 6.41. The minimum atomic E-state index is -4.91. The van der Waals surface area contributed by atoms with E-state index in [0.29, 0.717) is 15.8 Å². The number of halogens is 4. The summed E-state index contributed by atoms with van der Waals surface area (Å²) in [7, 11) is 0. The molecule has 0 atom stereocenters. The van der Waals surface area contributed by atoms with Gasteiger partial charge in [-0.15, -0.1) is 0 Å². The largest absolute Gasteiger partial charge is 0.461 e. The van der Waals surface area contributed by atoms with Crippen molar-refractivity contribution >= 4 is 17.6 Å². The molecule has 0 fully saturated rings. The highest BCUT2D eigenvalue weighted by Gasteiger charge is 2.38. The number of aromatic nitrogens is 2. The third-order valence-electron chi connectivity index (χ3n) is 2.78. The number of hydrogen-bond acceptors (Lipinski definition) is 4. The van der Waals surface area contributed by atoms with Crippen LogP contribution in [-0.2, 0) is 10.9 Å². The van der Waals surface area contributed by atoms with Crippen molar-refractivity contribution in [3.05, 3.63) is 57.0 Å². The summed E-state index contributed by atoms with van der Waals surface area (Å²) < 4.78 is 44.3. The minimum Gasteiger partial charge on any atom is -0.461 e. The zero-order valence-corrected chi connectivity index (χ0v) is 12.5. The minimum absolute atomic E-state index is 0.127. The predicted octanol–water partition coefficient (Wildman–Crippen LogP) is 3.08. The summed E-state index contributed by atoms with van der Waals surface area (Å²) in [4.78, 5) is 23.7. The van der Waals surface area contributed by atoms with Gasteiger partial charge in [0.2, 0.25) is 0 Å². The first-order valence-electron chi connectivity index (χ1n) is 6.38. The van der Waals surface area contributed by atoms with E-state index in [1.54, 1.807) is 0 Å². The topological polar surface area (TPSA) is 61.2 Å². The van der Waals surface area contributed by atoms with E-state index in [2.05, 4.69) is 9.84 Å². The van der Waals surface area contributed by atoms with E-state index >= 15 is 0 Å².